The van der Waals surface area contributed by atoms with E-state index in [4.69, 9.17) is 21.2 Å². The van der Waals surface area contributed by atoms with Crippen LogP contribution in [0.1, 0.15) is 12.8 Å². The third kappa shape index (κ3) is 4.44. The van der Waals surface area contributed by atoms with Gasteiger partial charge >= 0.3 is 47.2 Å². The Morgan fingerprint density at radius 2 is 2.29 bits per heavy atom. The van der Waals surface area contributed by atoms with E-state index in [1.54, 1.807) is 0 Å². The van der Waals surface area contributed by atoms with Crippen molar-refractivity contribution >= 4 is 47.1 Å². The number of carbonyl (C=O) groups is 3. The quantitative estimate of drug-likeness (QED) is 0.215. The molecule has 12 heteroatoms. The Morgan fingerprint density at radius 3 is 2.83 bits per heavy atom. The van der Waals surface area contributed by atoms with E-state index in [-0.39, 0.29) is 54.8 Å². The van der Waals surface area contributed by atoms with Crippen LogP contribution >= 0.6 is 23.4 Å². The molecular formula is C12H12ClN2NaO7S. The van der Waals surface area contributed by atoms with Crippen molar-refractivity contribution in [1.29, 1.82) is 0 Å². The van der Waals surface area contributed by atoms with Crippen LogP contribution in [-0.4, -0.2) is 58.0 Å². The van der Waals surface area contributed by atoms with E-state index < -0.39 is 35.5 Å². The van der Waals surface area contributed by atoms with Gasteiger partial charge in [-0.1, -0.05) is 11.6 Å². The van der Waals surface area contributed by atoms with Crippen LogP contribution in [0.25, 0.3) is 0 Å². The number of aliphatic imine (C=N–C) groups is 1. The molecule has 2 aliphatic rings. The van der Waals surface area contributed by atoms with E-state index in [0.717, 1.165) is 11.8 Å². The van der Waals surface area contributed by atoms with Crippen LogP contribution in [-0.2, 0) is 24.0 Å². The van der Waals surface area contributed by atoms with Gasteiger partial charge in [-0.2, -0.15) is 5.06 Å². The first-order valence-electron chi connectivity index (χ1n) is 6.43. The van der Waals surface area contributed by atoms with Crippen molar-refractivity contribution in [3.05, 3.63) is 10.9 Å². The minimum Gasteiger partial charge on any atom is -0.861 e. The fraction of sp³-hybridized carbons (Fsp3) is 0.500. The van der Waals surface area contributed by atoms with Gasteiger partial charge in [-0.3, -0.25) is 19.4 Å². The molecule has 24 heavy (non-hydrogen) atoms. The Kier molecular flexibility index (Phi) is 8.03. The van der Waals surface area contributed by atoms with Crippen LogP contribution in [0.2, 0.25) is 0 Å². The number of rotatable bonds is 6. The topological polar surface area (TPSA) is 129 Å². The molecule has 0 aliphatic carbocycles. The third-order valence-electron chi connectivity index (χ3n) is 3.11. The Hall–Kier alpha value is -0.780. The smallest absolute Gasteiger partial charge is 0.861 e. The van der Waals surface area contributed by atoms with E-state index in [2.05, 4.69) is 4.99 Å². The van der Waals surface area contributed by atoms with E-state index in [9.17, 15) is 24.6 Å². The van der Waals surface area contributed by atoms with Gasteiger partial charge in [-0.25, -0.2) is 4.79 Å². The first-order chi connectivity index (χ1) is 10.9. The summed E-state index contributed by atoms with van der Waals surface area (Å²) in [5.74, 6) is -3.70. The molecule has 1 unspecified atom stereocenters. The van der Waals surface area contributed by atoms with Gasteiger partial charge in [0, 0.05) is 17.7 Å². The van der Waals surface area contributed by atoms with Crippen LogP contribution < -0.4 is 34.7 Å². The van der Waals surface area contributed by atoms with Crippen molar-refractivity contribution in [3.63, 3.8) is 0 Å². The van der Waals surface area contributed by atoms with Gasteiger partial charge in [-0.05, 0) is 11.3 Å². The fourth-order valence-corrected chi connectivity index (χ4v) is 2.70. The second kappa shape index (κ2) is 9.07. The number of carbonyl (C=O) groups excluding carboxylic acids is 2. The van der Waals surface area contributed by atoms with Crippen LogP contribution in [0.4, 0.5) is 0 Å². The molecule has 0 bridgehead atoms. The third-order valence-corrected chi connectivity index (χ3v) is 4.13. The summed E-state index contributed by atoms with van der Waals surface area (Å²) >= 11 is 6.40. The zero-order valence-corrected chi connectivity index (χ0v) is 16.2. The Balaban J connectivity index is 0.00000288. The van der Waals surface area contributed by atoms with Gasteiger partial charge in [0.05, 0.1) is 6.42 Å². The van der Waals surface area contributed by atoms with Crippen molar-refractivity contribution in [2.45, 2.75) is 24.6 Å². The van der Waals surface area contributed by atoms with E-state index >= 15 is 0 Å². The predicted octanol–water partition coefficient (Wildman–Crippen LogP) is -3.55. The molecule has 0 aromatic rings. The van der Waals surface area contributed by atoms with Gasteiger partial charge in [0.15, 0.2) is 6.04 Å². The number of hydroxylamine groups is 2. The van der Waals surface area contributed by atoms with E-state index in [1.165, 1.54) is 10.9 Å². The van der Waals surface area contributed by atoms with Crippen LogP contribution in [0, 0.1) is 0 Å². The summed E-state index contributed by atoms with van der Waals surface area (Å²) in [4.78, 5) is 43.6. The summed E-state index contributed by atoms with van der Waals surface area (Å²) in [6.45, 7) is -0.298. The largest absolute Gasteiger partial charge is 1.00 e. The summed E-state index contributed by atoms with van der Waals surface area (Å²) in [5, 5.41) is 22.9. The summed E-state index contributed by atoms with van der Waals surface area (Å²) in [6, 6.07) is -1.17. The van der Waals surface area contributed by atoms with Crippen molar-refractivity contribution in [3.8, 4) is 0 Å². The number of esters is 1. The van der Waals surface area contributed by atoms with Gasteiger partial charge in [-0.15, -0.1) is 11.8 Å². The molecule has 2 atom stereocenters. The number of ether oxygens (including phenoxy) is 1. The molecule has 0 saturated carbocycles. The number of nitrogens with zero attached hydrogens (tertiary/aromatic N) is 2. The normalized spacial score (nSPS) is 27.5. The van der Waals surface area contributed by atoms with Crippen LogP contribution in [0.5, 0.6) is 0 Å². The first-order valence-corrected chi connectivity index (χ1v) is 7.92. The van der Waals surface area contributed by atoms with Crippen molar-refractivity contribution in [2.24, 2.45) is 4.99 Å². The minimum atomic E-state index is -2.20. The fourth-order valence-electron chi connectivity index (χ4n) is 2.10. The number of carboxylic acids is 1. The standard InChI is InChI=1S/C12H13ClN2O7S.Na/c13-3-4-23-6-8(16)14-7-5-21-15(10(7)18)12(11(19)20)2-1-9(17)22-12;/h3-4,7H,1-2,5-6H2,(H,14,16)(H,19,20);/q;+1/p-1/b4-3-;/t7-,12?;/m0./s1. The maximum absolute atomic E-state index is 12.2. The molecule has 2 saturated heterocycles. The molecule has 2 aliphatic heterocycles. The molecule has 1 amide bonds. The maximum Gasteiger partial charge on any atom is 1.00 e. The van der Waals surface area contributed by atoms with E-state index in [1.807, 2.05) is 0 Å². The minimum absolute atomic E-state index is 0. The maximum atomic E-state index is 12.2. The Bertz CT molecular complexity index is 588. The molecule has 2 heterocycles. The number of hydrogen-bond donors (Lipinski definition) is 1. The molecule has 0 spiro atoms. The second-order valence-corrected chi connectivity index (χ2v) is 5.75. The van der Waals surface area contributed by atoms with Crippen LogP contribution in [0.15, 0.2) is 15.9 Å². The second-order valence-electron chi connectivity index (χ2n) is 4.60. The van der Waals surface area contributed by atoms with Crippen LogP contribution in [0.3, 0.4) is 0 Å². The van der Waals surface area contributed by atoms with Gasteiger partial charge < -0.3 is 14.9 Å². The van der Waals surface area contributed by atoms with E-state index in [0.29, 0.717) is 5.06 Å². The number of hydrogen-bond acceptors (Lipinski definition) is 8. The van der Waals surface area contributed by atoms with Crippen molar-refractivity contribution in [1.82, 2.24) is 5.06 Å². The Labute approximate surface area is 168 Å². The van der Waals surface area contributed by atoms with Crippen molar-refractivity contribution in [2.75, 3.05) is 12.4 Å². The number of halogens is 1. The summed E-state index contributed by atoms with van der Waals surface area (Å²) in [6.07, 6.45) is -0.383. The molecule has 2 fully saturated rings. The van der Waals surface area contributed by atoms with Crippen molar-refractivity contribution < 1.29 is 63.7 Å². The van der Waals surface area contributed by atoms with Gasteiger partial charge in [0.25, 0.3) is 5.91 Å². The molecule has 9 nitrogen and oxygen atoms in total. The SMILES string of the molecule is O=C1CCC(C(=O)O)(N2OC[C@H](N=C([O-])CS/C=C\Cl)C2=O)O1.[Na+]. The molecule has 1 N–H and O–H groups in total. The number of thioether (sulfide) groups is 1. The van der Waals surface area contributed by atoms with Gasteiger partial charge in [0.1, 0.15) is 6.61 Å². The number of aliphatic carboxylic acids is 1. The Morgan fingerprint density at radius 1 is 1.58 bits per heavy atom. The number of carboxylic acid groups (broad SMARTS) is 1. The monoisotopic (exact) mass is 386 g/mol. The molecule has 0 aromatic carbocycles. The molecule has 0 radical (unpaired) electrons. The average Bonchev–Trinajstić information content (AvgIpc) is 3.05. The first kappa shape index (κ1) is 21.3. The molecule has 126 valence electrons. The predicted molar refractivity (Wildman–Crippen MR) is 77.2 cm³/mol. The van der Waals surface area contributed by atoms with Gasteiger partial charge in [0.2, 0.25) is 0 Å². The average molecular weight is 387 g/mol. The number of cyclic esters (lactones) is 1. The molecular weight excluding hydrogens is 375 g/mol. The summed E-state index contributed by atoms with van der Waals surface area (Å²) in [7, 11) is 0. The molecule has 2 rings (SSSR count). The number of amides is 1. The summed E-state index contributed by atoms with van der Waals surface area (Å²) in [5.41, 5.74) is -0.966. The summed E-state index contributed by atoms with van der Waals surface area (Å²) < 4.78 is 4.78. The zero-order valence-electron chi connectivity index (χ0n) is 12.6. The zero-order chi connectivity index (χ0) is 17.0. The molecule has 0 aromatic heterocycles.